The fraction of sp³-hybridized carbons (Fsp3) is 0.133. The quantitative estimate of drug-likeness (QED) is 0.221. The summed E-state index contributed by atoms with van der Waals surface area (Å²) >= 11 is 0. The molecule has 0 fully saturated rings. The molecular weight excluding hydrogens is 538 g/mol. The highest BCUT2D eigenvalue weighted by Gasteiger charge is 2.32. The van der Waals surface area contributed by atoms with Crippen molar-refractivity contribution >= 4 is 5.91 Å². The number of rotatable bonds is 7. The van der Waals surface area contributed by atoms with Crippen LogP contribution in [0.4, 0.5) is 17.6 Å². The third kappa shape index (κ3) is 6.40. The maximum Gasteiger partial charge on any atom is 0.433 e. The van der Waals surface area contributed by atoms with E-state index in [0.29, 0.717) is 22.7 Å². The third-order valence-electron chi connectivity index (χ3n) is 6.17. The number of hydrogen-bond donors (Lipinski definition) is 1. The van der Waals surface area contributed by atoms with Gasteiger partial charge in [0.05, 0.1) is 23.1 Å². The van der Waals surface area contributed by atoms with Crippen LogP contribution in [0.2, 0.25) is 0 Å². The van der Waals surface area contributed by atoms with Gasteiger partial charge in [0.1, 0.15) is 28.7 Å². The normalized spacial score (nSPS) is 11.4. The van der Waals surface area contributed by atoms with Crippen LogP contribution in [0.5, 0.6) is 11.5 Å². The van der Waals surface area contributed by atoms with Crippen molar-refractivity contribution in [2.24, 2.45) is 0 Å². The molecule has 1 N–H and O–H groups in total. The molecule has 2 aromatic heterocycles. The molecule has 5 aromatic rings. The molecule has 0 saturated heterocycles. The summed E-state index contributed by atoms with van der Waals surface area (Å²) < 4.78 is 59.6. The van der Waals surface area contributed by atoms with Gasteiger partial charge in [0, 0.05) is 6.54 Å². The van der Waals surface area contributed by atoms with Crippen molar-refractivity contribution in [1.82, 2.24) is 25.3 Å². The van der Waals surface area contributed by atoms with E-state index < -0.39 is 11.9 Å². The maximum atomic E-state index is 13.2. The first-order valence-electron chi connectivity index (χ1n) is 12.5. The number of amides is 1. The number of aromatic nitrogens is 4. The Bertz CT molecular complexity index is 1720. The minimum Gasteiger partial charge on any atom is -0.457 e. The molecule has 0 bridgehead atoms. The lowest BCUT2D eigenvalue weighted by Crippen LogP contribution is -2.24. The van der Waals surface area contributed by atoms with Gasteiger partial charge in [-0.2, -0.15) is 13.2 Å². The van der Waals surface area contributed by atoms with Crippen molar-refractivity contribution in [3.8, 4) is 28.6 Å². The lowest BCUT2D eigenvalue weighted by molar-refractivity contribution is -0.141. The highest BCUT2D eigenvalue weighted by atomic mass is 19.4. The van der Waals surface area contributed by atoms with E-state index >= 15 is 0 Å². The van der Waals surface area contributed by atoms with Gasteiger partial charge in [-0.05, 0) is 85.1 Å². The molecule has 0 spiro atoms. The fourth-order valence-corrected chi connectivity index (χ4v) is 4.10. The minimum atomic E-state index is -4.59. The molecule has 11 heteroatoms. The minimum absolute atomic E-state index is 0.00644. The summed E-state index contributed by atoms with van der Waals surface area (Å²) in [5, 5.41) is 10.9. The summed E-state index contributed by atoms with van der Waals surface area (Å²) in [5.74, 6) is 0.375. The number of pyridine rings is 1. The molecule has 41 heavy (non-hydrogen) atoms. The van der Waals surface area contributed by atoms with Gasteiger partial charge in [0.15, 0.2) is 0 Å². The number of aryl methyl sites for hydroxylation is 2. The summed E-state index contributed by atoms with van der Waals surface area (Å²) in [6.45, 7) is 3.93. The summed E-state index contributed by atoms with van der Waals surface area (Å²) in [6, 6.07) is 19.9. The Labute approximate surface area is 232 Å². The lowest BCUT2D eigenvalue weighted by Gasteiger charge is -2.13. The van der Waals surface area contributed by atoms with E-state index in [1.165, 1.54) is 47.3 Å². The summed E-state index contributed by atoms with van der Waals surface area (Å²) in [4.78, 5) is 16.9. The van der Waals surface area contributed by atoms with Crippen molar-refractivity contribution < 1.29 is 27.1 Å². The smallest absolute Gasteiger partial charge is 0.433 e. The average molecular weight is 562 g/mol. The van der Waals surface area contributed by atoms with E-state index in [9.17, 15) is 22.4 Å². The highest BCUT2D eigenvalue weighted by Crippen LogP contribution is 2.29. The van der Waals surface area contributed by atoms with Crippen LogP contribution in [-0.4, -0.2) is 25.9 Å². The van der Waals surface area contributed by atoms with Crippen LogP contribution < -0.4 is 10.1 Å². The van der Waals surface area contributed by atoms with Crippen LogP contribution in [0.25, 0.3) is 17.1 Å². The van der Waals surface area contributed by atoms with E-state index in [4.69, 9.17) is 4.74 Å². The van der Waals surface area contributed by atoms with Crippen molar-refractivity contribution in [3.05, 3.63) is 119 Å². The monoisotopic (exact) mass is 561 g/mol. The van der Waals surface area contributed by atoms with Crippen LogP contribution in [0, 0.1) is 19.7 Å². The molecule has 3 aromatic carbocycles. The Kier molecular flexibility index (Phi) is 7.52. The third-order valence-corrected chi connectivity index (χ3v) is 6.17. The number of carbonyl (C=O) groups is 1. The first-order valence-corrected chi connectivity index (χ1v) is 12.5. The Morgan fingerprint density at radius 3 is 2.46 bits per heavy atom. The van der Waals surface area contributed by atoms with Gasteiger partial charge < -0.3 is 10.1 Å². The summed E-state index contributed by atoms with van der Waals surface area (Å²) in [6.07, 6.45) is -3.17. The van der Waals surface area contributed by atoms with E-state index in [1.54, 1.807) is 24.3 Å². The molecule has 0 aliphatic heterocycles. The second kappa shape index (κ2) is 11.2. The molecular formula is C30H23F4N5O2. The fourth-order valence-electron chi connectivity index (χ4n) is 4.10. The van der Waals surface area contributed by atoms with Crippen molar-refractivity contribution in [2.75, 3.05) is 0 Å². The van der Waals surface area contributed by atoms with E-state index in [0.717, 1.165) is 22.8 Å². The second-order valence-electron chi connectivity index (χ2n) is 9.31. The van der Waals surface area contributed by atoms with Gasteiger partial charge in [0.25, 0.3) is 5.91 Å². The van der Waals surface area contributed by atoms with Crippen LogP contribution in [0.1, 0.15) is 32.7 Å². The van der Waals surface area contributed by atoms with Gasteiger partial charge in [-0.25, -0.2) is 14.1 Å². The first kappa shape index (κ1) is 27.5. The molecule has 0 aliphatic carbocycles. The molecule has 7 nitrogen and oxygen atoms in total. The molecule has 0 radical (unpaired) electrons. The Balaban J connectivity index is 1.32. The number of benzene rings is 3. The zero-order valence-corrected chi connectivity index (χ0v) is 21.9. The van der Waals surface area contributed by atoms with Crippen LogP contribution in [-0.2, 0) is 12.7 Å². The van der Waals surface area contributed by atoms with Gasteiger partial charge >= 0.3 is 6.18 Å². The Morgan fingerprint density at radius 2 is 1.73 bits per heavy atom. The Hall–Kier alpha value is -5.06. The van der Waals surface area contributed by atoms with E-state index in [-0.39, 0.29) is 29.7 Å². The predicted molar refractivity (Wildman–Crippen MR) is 143 cm³/mol. The number of ether oxygens (including phenoxy) is 1. The molecule has 0 unspecified atom stereocenters. The summed E-state index contributed by atoms with van der Waals surface area (Å²) in [5.41, 5.74) is 2.31. The van der Waals surface area contributed by atoms with Gasteiger partial charge in [-0.15, -0.1) is 5.10 Å². The van der Waals surface area contributed by atoms with Crippen molar-refractivity contribution in [2.45, 2.75) is 26.6 Å². The largest absolute Gasteiger partial charge is 0.457 e. The molecule has 1 amide bonds. The van der Waals surface area contributed by atoms with E-state index in [2.05, 4.69) is 20.6 Å². The summed E-state index contributed by atoms with van der Waals surface area (Å²) in [7, 11) is 0. The van der Waals surface area contributed by atoms with Crippen molar-refractivity contribution in [3.63, 3.8) is 0 Å². The number of carbonyl (C=O) groups excluding carboxylic acids is 1. The van der Waals surface area contributed by atoms with Crippen LogP contribution in [0.15, 0.2) is 85.1 Å². The van der Waals surface area contributed by atoms with Crippen molar-refractivity contribution in [1.29, 1.82) is 0 Å². The molecule has 5 rings (SSSR count). The van der Waals surface area contributed by atoms with Crippen LogP contribution in [0.3, 0.4) is 0 Å². The topological polar surface area (TPSA) is 81.9 Å². The van der Waals surface area contributed by atoms with Gasteiger partial charge in [0.2, 0.25) is 0 Å². The highest BCUT2D eigenvalue weighted by molar-refractivity contribution is 5.97. The standard InChI is InChI=1S/C30H23F4N5O2/c1-18-6-12-23(26(14-18)39-17-25(37-38-39)24-4-3-5-28(36-24)30(32,33)34)29(40)35-16-20-7-13-27(19(2)15-20)41-22-10-8-21(31)9-11-22/h3-15,17H,16H2,1-2H3,(H,35,40). The van der Waals surface area contributed by atoms with Crippen LogP contribution >= 0.6 is 0 Å². The molecule has 0 aliphatic rings. The number of hydrogen-bond acceptors (Lipinski definition) is 5. The zero-order valence-electron chi connectivity index (χ0n) is 21.9. The van der Waals surface area contributed by atoms with E-state index in [1.807, 2.05) is 26.0 Å². The molecule has 0 saturated carbocycles. The molecule has 2 heterocycles. The average Bonchev–Trinajstić information content (AvgIpc) is 3.44. The number of nitrogens with zero attached hydrogens (tertiary/aromatic N) is 4. The SMILES string of the molecule is Cc1ccc(C(=O)NCc2ccc(Oc3ccc(F)cc3)c(C)c2)c(-n2cc(-c3cccc(C(F)(F)F)n3)nn2)c1. The number of nitrogens with one attached hydrogen (secondary N) is 1. The lowest BCUT2D eigenvalue weighted by atomic mass is 10.1. The van der Waals surface area contributed by atoms with Gasteiger partial charge in [-0.3, -0.25) is 4.79 Å². The van der Waals surface area contributed by atoms with Gasteiger partial charge in [-0.1, -0.05) is 29.5 Å². The zero-order chi connectivity index (χ0) is 29.1. The Morgan fingerprint density at radius 1 is 0.951 bits per heavy atom. The number of halogens is 4. The number of alkyl halides is 3. The molecule has 0 atom stereocenters. The molecule has 208 valence electrons. The second-order valence-corrected chi connectivity index (χ2v) is 9.31. The predicted octanol–water partition coefficient (Wildman–Crippen LogP) is 6.83. The first-order chi connectivity index (χ1) is 19.6. The maximum absolute atomic E-state index is 13.2.